The van der Waals surface area contributed by atoms with Crippen molar-refractivity contribution >= 4 is 17.8 Å². The predicted molar refractivity (Wildman–Crippen MR) is 105 cm³/mol. The summed E-state index contributed by atoms with van der Waals surface area (Å²) in [4.78, 5) is 14.5. The molecule has 1 aliphatic rings. The predicted octanol–water partition coefficient (Wildman–Crippen LogP) is 3.84. The van der Waals surface area contributed by atoms with Gasteiger partial charge in [-0.2, -0.15) is 5.10 Å². The minimum atomic E-state index is -0.214. The number of anilines is 1. The van der Waals surface area contributed by atoms with Crippen LogP contribution in [0.3, 0.4) is 0 Å². The molecular formula is C21H25N3O2. The van der Waals surface area contributed by atoms with Crippen LogP contribution in [-0.4, -0.2) is 31.3 Å². The summed E-state index contributed by atoms with van der Waals surface area (Å²) in [6.07, 6.45) is 4.24. The van der Waals surface area contributed by atoms with Gasteiger partial charge in [0.1, 0.15) is 5.75 Å². The number of carbonyl (C=O) groups excluding carboxylic acids is 1. The standard InChI is InChI=1S/C21H25N3O2/c1-16(2)26-20-11-5-17(6-12-20)15-22-23-21(25)18-7-9-19(10-8-18)24-13-3-4-14-24/h5-12,15-16H,3-4,13-14H2,1-2H3,(H,23,25)/b22-15-. The van der Waals surface area contributed by atoms with Crippen LogP contribution < -0.4 is 15.1 Å². The van der Waals surface area contributed by atoms with Crippen molar-refractivity contribution in [2.45, 2.75) is 32.8 Å². The molecule has 136 valence electrons. The van der Waals surface area contributed by atoms with Gasteiger partial charge in [-0.15, -0.1) is 0 Å². The average Bonchev–Trinajstić information content (AvgIpc) is 3.17. The molecule has 0 bridgehead atoms. The Morgan fingerprint density at radius 3 is 2.35 bits per heavy atom. The van der Waals surface area contributed by atoms with Crippen molar-refractivity contribution in [2.24, 2.45) is 5.10 Å². The first-order chi connectivity index (χ1) is 12.6. The monoisotopic (exact) mass is 351 g/mol. The summed E-state index contributed by atoms with van der Waals surface area (Å²) in [5, 5.41) is 4.03. The van der Waals surface area contributed by atoms with Crippen molar-refractivity contribution in [1.82, 2.24) is 5.43 Å². The highest BCUT2D eigenvalue weighted by molar-refractivity contribution is 5.95. The SMILES string of the molecule is CC(C)Oc1ccc(/C=N\NC(=O)c2ccc(N3CCCC3)cc2)cc1. The van der Waals surface area contributed by atoms with E-state index in [0.29, 0.717) is 5.56 Å². The Labute approximate surface area is 154 Å². The van der Waals surface area contributed by atoms with Crippen LogP contribution in [0.5, 0.6) is 5.75 Å². The zero-order valence-electron chi connectivity index (χ0n) is 15.3. The van der Waals surface area contributed by atoms with E-state index in [-0.39, 0.29) is 12.0 Å². The average molecular weight is 351 g/mol. The Kier molecular flexibility index (Phi) is 5.89. The van der Waals surface area contributed by atoms with E-state index in [4.69, 9.17) is 4.74 Å². The molecule has 0 atom stereocenters. The summed E-state index contributed by atoms with van der Waals surface area (Å²) in [5.41, 5.74) is 5.24. The van der Waals surface area contributed by atoms with E-state index < -0.39 is 0 Å². The van der Waals surface area contributed by atoms with E-state index in [1.54, 1.807) is 6.21 Å². The van der Waals surface area contributed by atoms with Crippen LogP contribution in [0.1, 0.15) is 42.6 Å². The van der Waals surface area contributed by atoms with Gasteiger partial charge in [0.2, 0.25) is 0 Å². The Morgan fingerprint density at radius 2 is 1.73 bits per heavy atom. The maximum Gasteiger partial charge on any atom is 0.271 e. The lowest BCUT2D eigenvalue weighted by Gasteiger charge is -2.17. The normalized spacial score (nSPS) is 14.2. The van der Waals surface area contributed by atoms with Crippen molar-refractivity contribution in [2.75, 3.05) is 18.0 Å². The molecule has 1 N–H and O–H groups in total. The first-order valence-electron chi connectivity index (χ1n) is 9.07. The number of amides is 1. The number of hydrazone groups is 1. The summed E-state index contributed by atoms with van der Waals surface area (Å²) < 4.78 is 5.60. The minimum Gasteiger partial charge on any atom is -0.491 e. The molecule has 0 saturated carbocycles. The lowest BCUT2D eigenvalue weighted by Crippen LogP contribution is -2.19. The van der Waals surface area contributed by atoms with Crippen LogP contribution in [-0.2, 0) is 0 Å². The molecule has 2 aromatic rings. The highest BCUT2D eigenvalue weighted by atomic mass is 16.5. The van der Waals surface area contributed by atoms with Crippen LogP contribution in [0.25, 0.3) is 0 Å². The molecule has 3 rings (SSSR count). The molecule has 5 nitrogen and oxygen atoms in total. The molecule has 2 aromatic carbocycles. The fraction of sp³-hybridized carbons (Fsp3) is 0.333. The van der Waals surface area contributed by atoms with Gasteiger partial charge in [0, 0.05) is 24.3 Å². The second-order valence-electron chi connectivity index (χ2n) is 6.68. The van der Waals surface area contributed by atoms with Crippen LogP contribution >= 0.6 is 0 Å². The van der Waals surface area contributed by atoms with Crippen molar-refractivity contribution in [3.05, 3.63) is 59.7 Å². The first kappa shape index (κ1) is 18.0. The quantitative estimate of drug-likeness (QED) is 0.635. The van der Waals surface area contributed by atoms with Crippen LogP contribution in [0.4, 0.5) is 5.69 Å². The van der Waals surface area contributed by atoms with Gasteiger partial charge in [-0.25, -0.2) is 5.43 Å². The van der Waals surface area contributed by atoms with Gasteiger partial charge in [0.05, 0.1) is 12.3 Å². The molecule has 0 radical (unpaired) electrons. The second-order valence-corrected chi connectivity index (χ2v) is 6.68. The molecule has 0 aromatic heterocycles. The summed E-state index contributed by atoms with van der Waals surface area (Å²) in [5.74, 6) is 0.605. The largest absolute Gasteiger partial charge is 0.491 e. The second kappa shape index (κ2) is 8.52. The zero-order valence-corrected chi connectivity index (χ0v) is 15.3. The Bertz CT molecular complexity index is 746. The highest BCUT2D eigenvalue weighted by Crippen LogP contribution is 2.20. The van der Waals surface area contributed by atoms with E-state index in [9.17, 15) is 4.79 Å². The molecular weight excluding hydrogens is 326 g/mol. The topological polar surface area (TPSA) is 53.9 Å². The summed E-state index contributed by atoms with van der Waals surface area (Å²) >= 11 is 0. The number of nitrogens with zero attached hydrogens (tertiary/aromatic N) is 2. The van der Waals surface area contributed by atoms with Gasteiger partial charge in [-0.1, -0.05) is 0 Å². The molecule has 1 amide bonds. The number of hydrogen-bond acceptors (Lipinski definition) is 4. The minimum absolute atomic E-state index is 0.144. The lowest BCUT2D eigenvalue weighted by atomic mass is 10.2. The fourth-order valence-electron chi connectivity index (χ4n) is 2.93. The third-order valence-electron chi connectivity index (χ3n) is 4.23. The number of hydrogen-bond donors (Lipinski definition) is 1. The molecule has 1 fully saturated rings. The van der Waals surface area contributed by atoms with Gasteiger partial charge in [-0.05, 0) is 80.8 Å². The van der Waals surface area contributed by atoms with Crippen LogP contribution in [0.15, 0.2) is 53.6 Å². The zero-order chi connectivity index (χ0) is 18.4. The number of rotatable bonds is 6. The van der Waals surface area contributed by atoms with E-state index in [1.165, 1.54) is 18.5 Å². The summed E-state index contributed by atoms with van der Waals surface area (Å²) in [7, 11) is 0. The van der Waals surface area contributed by atoms with Crippen molar-refractivity contribution in [3.63, 3.8) is 0 Å². The van der Waals surface area contributed by atoms with Crippen molar-refractivity contribution < 1.29 is 9.53 Å². The molecule has 1 aliphatic heterocycles. The van der Waals surface area contributed by atoms with Gasteiger partial charge in [-0.3, -0.25) is 4.79 Å². The Balaban J connectivity index is 1.53. The molecule has 26 heavy (non-hydrogen) atoms. The molecule has 5 heteroatoms. The fourth-order valence-corrected chi connectivity index (χ4v) is 2.93. The molecule has 1 saturated heterocycles. The molecule has 0 aliphatic carbocycles. The third-order valence-corrected chi connectivity index (χ3v) is 4.23. The van der Waals surface area contributed by atoms with Gasteiger partial charge in [0.25, 0.3) is 5.91 Å². The highest BCUT2D eigenvalue weighted by Gasteiger charge is 2.12. The van der Waals surface area contributed by atoms with E-state index in [2.05, 4.69) is 15.4 Å². The van der Waals surface area contributed by atoms with Crippen molar-refractivity contribution in [1.29, 1.82) is 0 Å². The molecule has 0 spiro atoms. The molecule has 0 unspecified atom stereocenters. The Hall–Kier alpha value is -2.82. The molecule has 1 heterocycles. The lowest BCUT2D eigenvalue weighted by molar-refractivity contribution is 0.0955. The van der Waals surface area contributed by atoms with E-state index in [0.717, 1.165) is 24.4 Å². The number of nitrogens with one attached hydrogen (secondary N) is 1. The smallest absolute Gasteiger partial charge is 0.271 e. The van der Waals surface area contributed by atoms with Gasteiger partial charge in [0.15, 0.2) is 0 Å². The third kappa shape index (κ3) is 4.85. The van der Waals surface area contributed by atoms with Gasteiger partial charge >= 0.3 is 0 Å². The summed E-state index contributed by atoms with van der Waals surface area (Å²) in [6.45, 7) is 6.17. The maximum atomic E-state index is 12.2. The van der Waals surface area contributed by atoms with E-state index >= 15 is 0 Å². The first-order valence-corrected chi connectivity index (χ1v) is 9.07. The summed E-state index contributed by atoms with van der Waals surface area (Å²) in [6, 6.07) is 15.3. The van der Waals surface area contributed by atoms with Gasteiger partial charge < -0.3 is 9.64 Å². The van der Waals surface area contributed by atoms with Crippen LogP contribution in [0, 0.1) is 0 Å². The number of benzene rings is 2. The van der Waals surface area contributed by atoms with E-state index in [1.807, 2.05) is 62.4 Å². The van der Waals surface area contributed by atoms with Crippen LogP contribution in [0.2, 0.25) is 0 Å². The maximum absolute atomic E-state index is 12.2. The van der Waals surface area contributed by atoms with Crippen molar-refractivity contribution in [3.8, 4) is 5.75 Å². The number of ether oxygens (including phenoxy) is 1. The number of carbonyl (C=O) groups is 1. The Morgan fingerprint density at radius 1 is 1.08 bits per heavy atom.